The number of carbonyl (C=O) groups is 3. The molecular weight excluding hydrogens is 424 g/mol. The average Bonchev–Trinajstić information content (AvgIpc) is 2.66. The second-order valence-electron chi connectivity index (χ2n) is 10.7. The van der Waals surface area contributed by atoms with E-state index in [0.717, 1.165) is 25.8 Å². The summed E-state index contributed by atoms with van der Waals surface area (Å²) in [5.74, 6) is -0.896. The maximum atomic E-state index is 12.4. The second kappa shape index (κ2) is 12.2. The van der Waals surface area contributed by atoms with E-state index in [2.05, 4.69) is 44.6 Å². The van der Waals surface area contributed by atoms with Crippen molar-refractivity contribution in [1.82, 2.24) is 10.6 Å². The SMILES string of the molecule is C=C(C)C(=O)OCC(C)NCC1(C)CC(NC(=O)OC(C)COC(=O)C(=C)C)CC(C)(C)C1. The Balaban J connectivity index is 2.58. The lowest BCUT2D eigenvalue weighted by Crippen LogP contribution is -2.51. The topological polar surface area (TPSA) is 103 Å². The minimum Gasteiger partial charge on any atom is -0.461 e. The molecule has 1 rings (SSSR count). The second-order valence-corrected chi connectivity index (χ2v) is 10.7. The van der Waals surface area contributed by atoms with Crippen molar-refractivity contribution < 1.29 is 28.6 Å². The lowest BCUT2D eigenvalue weighted by atomic mass is 9.62. The molecule has 0 aromatic heterocycles. The Morgan fingerprint density at radius 2 is 1.52 bits per heavy atom. The van der Waals surface area contributed by atoms with Crippen LogP contribution < -0.4 is 10.6 Å². The van der Waals surface area contributed by atoms with Crippen LogP contribution in [0.15, 0.2) is 24.3 Å². The van der Waals surface area contributed by atoms with Crippen LogP contribution in [-0.2, 0) is 23.8 Å². The summed E-state index contributed by atoms with van der Waals surface area (Å²) in [5.41, 5.74) is 0.652. The zero-order chi connectivity index (χ0) is 25.4. The summed E-state index contributed by atoms with van der Waals surface area (Å²) >= 11 is 0. The third kappa shape index (κ3) is 10.9. The van der Waals surface area contributed by atoms with E-state index in [1.807, 2.05) is 6.92 Å². The fraction of sp³-hybridized carbons (Fsp3) is 0.720. The first-order valence-electron chi connectivity index (χ1n) is 11.5. The van der Waals surface area contributed by atoms with Crippen LogP contribution in [0.5, 0.6) is 0 Å². The van der Waals surface area contributed by atoms with E-state index in [1.54, 1.807) is 20.8 Å². The zero-order valence-corrected chi connectivity index (χ0v) is 21.3. The fourth-order valence-electron chi connectivity index (χ4n) is 4.41. The number of rotatable bonds is 11. The van der Waals surface area contributed by atoms with Gasteiger partial charge in [0.25, 0.3) is 0 Å². The van der Waals surface area contributed by atoms with E-state index in [9.17, 15) is 14.4 Å². The lowest BCUT2D eigenvalue weighted by molar-refractivity contribution is -0.141. The molecule has 4 unspecified atom stereocenters. The third-order valence-corrected chi connectivity index (χ3v) is 5.56. The number of nitrogens with one attached hydrogen (secondary N) is 2. The Hall–Kier alpha value is -2.35. The molecule has 33 heavy (non-hydrogen) atoms. The highest BCUT2D eigenvalue weighted by Crippen LogP contribution is 2.45. The largest absolute Gasteiger partial charge is 0.461 e. The van der Waals surface area contributed by atoms with Gasteiger partial charge >= 0.3 is 18.0 Å². The number of hydrogen-bond acceptors (Lipinski definition) is 7. The predicted octanol–water partition coefficient (Wildman–Crippen LogP) is 3.90. The molecule has 1 amide bonds. The van der Waals surface area contributed by atoms with Crippen molar-refractivity contribution >= 4 is 18.0 Å². The van der Waals surface area contributed by atoms with Gasteiger partial charge in [-0.2, -0.15) is 0 Å². The van der Waals surface area contributed by atoms with Crippen molar-refractivity contribution in [2.24, 2.45) is 10.8 Å². The van der Waals surface area contributed by atoms with Crippen molar-refractivity contribution in [1.29, 1.82) is 0 Å². The highest BCUT2D eigenvalue weighted by molar-refractivity contribution is 5.87. The third-order valence-electron chi connectivity index (χ3n) is 5.56. The van der Waals surface area contributed by atoms with Crippen LogP contribution in [0, 0.1) is 10.8 Å². The van der Waals surface area contributed by atoms with Crippen LogP contribution in [-0.4, -0.2) is 56.0 Å². The van der Waals surface area contributed by atoms with Crippen LogP contribution in [0.4, 0.5) is 4.79 Å². The molecule has 4 atom stereocenters. The highest BCUT2D eigenvalue weighted by Gasteiger charge is 2.42. The van der Waals surface area contributed by atoms with Crippen LogP contribution in [0.3, 0.4) is 0 Å². The van der Waals surface area contributed by atoms with E-state index in [1.165, 1.54) is 0 Å². The molecule has 0 heterocycles. The molecule has 0 saturated heterocycles. The zero-order valence-electron chi connectivity index (χ0n) is 21.3. The van der Waals surface area contributed by atoms with Crippen molar-refractivity contribution in [2.45, 2.75) is 85.9 Å². The van der Waals surface area contributed by atoms with Crippen molar-refractivity contribution in [3.63, 3.8) is 0 Å². The number of amides is 1. The number of esters is 2. The number of carbonyl (C=O) groups excluding carboxylic acids is 3. The van der Waals surface area contributed by atoms with Gasteiger partial charge in [0.2, 0.25) is 0 Å². The minimum atomic E-state index is -0.569. The summed E-state index contributed by atoms with van der Waals surface area (Å²) < 4.78 is 15.6. The summed E-state index contributed by atoms with van der Waals surface area (Å²) in [4.78, 5) is 35.5. The molecule has 1 fully saturated rings. The Kier molecular flexibility index (Phi) is 10.6. The van der Waals surface area contributed by atoms with Gasteiger partial charge in [-0.1, -0.05) is 33.9 Å². The number of hydrogen-bond donors (Lipinski definition) is 2. The summed E-state index contributed by atoms with van der Waals surface area (Å²) in [6, 6.07) is -0.0518. The van der Waals surface area contributed by atoms with Crippen LogP contribution in [0.25, 0.3) is 0 Å². The van der Waals surface area contributed by atoms with E-state index in [-0.39, 0.29) is 42.1 Å². The van der Waals surface area contributed by atoms with Gasteiger partial charge in [-0.25, -0.2) is 14.4 Å². The maximum Gasteiger partial charge on any atom is 0.407 e. The van der Waals surface area contributed by atoms with E-state index >= 15 is 0 Å². The Morgan fingerprint density at radius 1 is 0.970 bits per heavy atom. The molecule has 0 bridgehead atoms. The molecule has 0 aromatic carbocycles. The molecular formula is C25H42N2O6. The summed E-state index contributed by atoms with van der Waals surface area (Å²) in [6.45, 7) is 21.5. The van der Waals surface area contributed by atoms with E-state index in [0.29, 0.717) is 11.1 Å². The van der Waals surface area contributed by atoms with E-state index in [4.69, 9.17) is 14.2 Å². The van der Waals surface area contributed by atoms with Crippen LogP contribution in [0.2, 0.25) is 0 Å². The van der Waals surface area contributed by atoms with Gasteiger partial charge in [0.05, 0.1) is 0 Å². The maximum absolute atomic E-state index is 12.4. The molecule has 1 aliphatic carbocycles. The summed E-state index contributed by atoms with van der Waals surface area (Å²) in [7, 11) is 0. The quantitative estimate of drug-likeness (QED) is 0.270. The molecule has 0 spiro atoms. The van der Waals surface area contributed by atoms with Crippen molar-refractivity contribution in [3.05, 3.63) is 24.3 Å². The Bertz CT molecular complexity index is 747. The van der Waals surface area contributed by atoms with Crippen LogP contribution >= 0.6 is 0 Å². The normalized spacial score (nSPS) is 23.5. The first-order valence-corrected chi connectivity index (χ1v) is 11.5. The van der Waals surface area contributed by atoms with Crippen molar-refractivity contribution in [3.8, 4) is 0 Å². The lowest BCUT2D eigenvalue weighted by Gasteiger charge is -2.47. The molecule has 1 saturated carbocycles. The first kappa shape index (κ1) is 28.7. The van der Waals surface area contributed by atoms with Gasteiger partial charge in [0, 0.05) is 29.8 Å². The minimum absolute atomic E-state index is 0.00528. The summed E-state index contributed by atoms with van der Waals surface area (Å²) in [6.07, 6.45) is 1.53. The van der Waals surface area contributed by atoms with Gasteiger partial charge in [-0.15, -0.1) is 0 Å². The molecule has 0 radical (unpaired) electrons. The van der Waals surface area contributed by atoms with Gasteiger partial charge in [-0.3, -0.25) is 0 Å². The number of alkyl carbamates (subject to hydrolysis) is 1. The summed E-state index contributed by atoms with van der Waals surface area (Å²) in [5, 5.41) is 6.45. The Morgan fingerprint density at radius 3 is 2.06 bits per heavy atom. The molecule has 188 valence electrons. The smallest absolute Gasteiger partial charge is 0.407 e. The average molecular weight is 467 g/mol. The molecule has 0 aromatic rings. The fourth-order valence-corrected chi connectivity index (χ4v) is 4.41. The Labute approximate surface area is 198 Å². The molecule has 8 nitrogen and oxygen atoms in total. The predicted molar refractivity (Wildman–Crippen MR) is 128 cm³/mol. The van der Waals surface area contributed by atoms with Gasteiger partial charge < -0.3 is 24.8 Å². The van der Waals surface area contributed by atoms with Gasteiger partial charge in [0.15, 0.2) is 0 Å². The molecule has 1 aliphatic rings. The number of ether oxygens (including phenoxy) is 3. The molecule has 2 N–H and O–H groups in total. The molecule has 8 heteroatoms. The van der Waals surface area contributed by atoms with Crippen LogP contribution in [0.1, 0.15) is 67.7 Å². The monoisotopic (exact) mass is 466 g/mol. The van der Waals surface area contributed by atoms with Gasteiger partial charge in [-0.05, 0) is 57.8 Å². The highest BCUT2D eigenvalue weighted by atomic mass is 16.6. The van der Waals surface area contributed by atoms with E-state index < -0.39 is 18.2 Å². The standard InChI is InChI=1S/C25H42N2O6/c1-16(2)21(28)31-12-18(5)26-15-25(9)11-20(10-24(7,8)14-25)27-23(30)33-19(6)13-32-22(29)17(3)4/h18-20,26H,1,3,10-15H2,2,4-9H3,(H,27,30). The molecule has 0 aliphatic heterocycles. The first-order chi connectivity index (χ1) is 15.1. The van der Waals surface area contributed by atoms with Gasteiger partial charge in [0.1, 0.15) is 19.3 Å². The van der Waals surface area contributed by atoms with Crippen molar-refractivity contribution in [2.75, 3.05) is 19.8 Å².